The Morgan fingerprint density at radius 1 is 1.43 bits per heavy atom. The minimum Gasteiger partial charge on any atom is -0.404 e. The smallest absolute Gasteiger partial charge is 0.404 e. The lowest BCUT2D eigenvalue weighted by Gasteiger charge is -2.12. The lowest BCUT2D eigenvalue weighted by Crippen LogP contribution is -2.18. The molecule has 2 aromatic rings. The van der Waals surface area contributed by atoms with Gasteiger partial charge in [-0.25, -0.2) is 0 Å². The van der Waals surface area contributed by atoms with Crippen LogP contribution in [0.15, 0.2) is 24.4 Å². The molecular weight excluding hydrogens is 289 g/mol. The van der Waals surface area contributed by atoms with Crippen molar-refractivity contribution in [2.45, 2.75) is 13.3 Å². The number of aromatic amines is 1. The van der Waals surface area contributed by atoms with Gasteiger partial charge in [0.05, 0.1) is 11.9 Å². The highest BCUT2D eigenvalue weighted by molar-refractivity contribution is 6.04. The van der Waals surface area contributed by atoms with E-state index in [0.29, 0.717) is 11.4 Å². The molecular formula is C12H11F3N4O2. The molecule has 1 heterocycles. The number of nitrogens with two attached hydrogens (primary N) is 1. The second-order valence-corrected chi connectivity index (χ2v) is 4.18. The number of H-pyrrole nitrogens is 1. The number of benzene rings is 1. The summed E-state index contributed by atoms with van der Waals surface area (Å²) in [6, 6.07) is 3.26. The molecule has 1 amide bonds. The summed E-state index contributed by atoms with van der Waals surface area (Å²) in [7, 11) is 0. The molecule has 0 aliphatic rings. The Balaban J connectivity index is 2.16. The third-order valence-corrected chi connectivity index (χ3v) is 2.57. The molecule has 0 aliphatic heterocycles. The topological polar surface area (TPSA) is 93.0 Å². The second-order valence-electron chi connectivity index (χ2n) is 4.18. The highest BCUT2D eigenvalue weighted by Crippen LogP contribution is 2.29. The quantitative estimate of drug-likeness (QED) is 0.759. The standard InChI is InChI=1S/C12H11F3N4O2/c1-6-5-17-19-10(6)18-11(20)7-2-3-9(8(16)4-7)21-12(13,14)15/h2-5H,16H2,1H3,(H2,17,18,19,20). The normalized spacial score (nSPS) is 11.2. The molecule has 0 radical (unpaired) electrons. The van der Waals surface area contributed by atoms with Crippen LogP contribution in [0.3, 0.4) is 0 Å². The van der Waals surface area contributed by atoms with Gasteiger partial charge in [-0.1, -0.05) is 0 Å². The van der Waals surface area contributed by atoms with Crippen LogP contribution in [0.25, 0.3) is 0 Å². The molecule has 0 unspecified atom stereocenters. The van der Waals surface area contributed by atoms with E-state index in [4.69, 9.17) is 5.73 Å². The Morgan fingerprint density at radius 2 is 2.14 bits per heavy atom. The fourth-order valence-corrected chi connectivity index (χ4v) is 1.57. The van der Waals surface area contributed by atoms with Crippen LogP contribution in [0, 0.1) is 6.92 Å². The minimum absolute atomic E-state index is 0.0935. The van der Waals surface area contributed by atoms with Gasteiger partial charge in [-0.2, -0.15) is 5.10 Å². The lowest BCUT2D eigenvalue weighted by atomic mass is 10.1. The first kappa shape index (κ1) is 14.7. The summed E-state index contributed by atoms with van der Waals surface area (Å²) in [5, 5.41) is 8.83. The van der Waals surface area contributed by atoms with E-state index >= 15 is 0 Å². The number of hydrogen-bond acceptors (Lipinski definition) is 4. The predicted octanol–water partition coefficient (Wildman–Crippen LogP) is 2.45. The van der Waals surface area contributed by atoms with E-state index in [9.17, 15) is 18.0 Å². The lowest BCUT2D eigenvalue weighted by molar-refractivity contribution is -0.274. The maximum absolute atomic E-state index is 12.1. The van der Waals surface area contributed by atoms with Gasteiger partial charge < -0.3 is 15.8 Å². The minimum atomic E-state index is -4.84. The van der Waals surface area contributed by atoms with E-state index in [1.165, 1.54) is 12.3 Å². The van der Waals surface area contributed by atoms with Crippen molar-refractivity contribution in [3.8, 4) is 5.75 Å². The molecule has 2 rings (SSSR count). The SMILES string of the molecule is Cc1cn[nH]c1NC(=O)c1ccc(OC(F)(F)F)c(N)c1. The van der Waals surface area contributed by atoms with Crippen LogP contribution in [0.4, 0.5) is 24.7 Å². The Labute approximate surface area is 117 Å². The highest BCUT2D eigenvalue weighted by atomic mass is 19.4. The number of hydrogen-bond donors (Lipinski definition) is 3. The maximum atomic E-state index is 12.1. The Kier molecular flexibility index (Phi) is 3.74. The number of aromatic nitrogens is 2. The highest BCUT2D eigenvalue weighted by Gasteiger charge is 2.32. The summed E-state index contributed by atoms with van der Waals surface area (Å²) in [5.74, 6) is -0.696. The molecule has 0 aliphatic carbocycles. The molecule has 0 spiro atoms. The molecule has 4 N–H and O–H groups in total. The third-order valence-electron chi connectivity index (χ3n) is 2.57. The van der Waals surface area contributed by atoms with Crippen LogP contribution in [0.2, 0.25) is 0 Å². The van der Waals surface area contributed by atoms with Crippen molar-refractivity contribution in [1.82, 2.24) is 10.2 Å². The Bertz CT molecular complexity index is 667. The number of anilines is 2. The van der Waals surface area contributed by atoms with Gasteiger partial charge in [-0.05, 0) is 25.1 Å². The first-order chi connectivity index (χ1) is 9.76. The van der Waals surface area contributed by atoms with E-state index in [-0.39, 0.29) is 11.3 Å². The van der Waals surface area contributed by atoms with Gasteiger partial charge in [0, 0.05) is 11.1 Å². The average Bonchev–Trinajstić information content (AvgIpc) is 2.76. The first-order valence-corrected chi connectivity index (χ1v) is 5.73. The van der Waals surface area contributed by atoms with Crippen LogP contribution in [-0.4, -0.2) is 22.5 Å². The van der Waals surface area contributed by atoms with Crippen molar-refractivity contribution >= 4 is 17.4 Å². The molecule has 0 atom stereocenters. The molecule has 0 saturated carbocycles. The van der Waals surface area contributed by atoms with Gasteiger partial charge in [0.1, 0.15) is 5.82 Å². The fourth-order valence-electron chi connectivity index (χ4n) is 1.57. The summed E-state index contributed by atoms with van der Waals surface area (Å²) in [6.07, 6.45) is -3.32. The van der Waals surface area contributed by atoms with Crippen molar-refractivity contribution in [3.05, 3.63) is 35.5 Å². The zero-order valence-electron chi connectivity index (χ0n) is 10.8. The molecule has 1 aromatic carbocycles. The largest absolute Gasteiger partial charge is 0.573 e. The molecule has 0 bridgehead atoms. The van der Waals surface area contributed by atoms with Gasteiger partial charge in [-0.15, -0.1) is 13.2 Å². The van der Waals surface area contributed by atoms with Gasteiger partial charge in [0.2, 0.25) is 0 Å². The van der Waals surface area contributed by atoms with E-state index in [1.807, 2.05) is 0 Å². The molecule has 21 heavy (non-hydrogen) atoms. The molecule has 112 valence electrons. The first-order valence-electron chi connectivity index (χ1n) is 5.73. The van der Waals surface area contributed by atoms with Gasteiger partial charge in [-0.3, -0.25) is 9.89 Å². The number of carbonyl (C=O) groups is 1. The van der Waals surface area contributed by atoms with E-state index < -0.39 is 18.0 Å². The van der Waals surface area contributed by atoms with Crippen molar-refractivity contribution < 1.29 is 22.7 Å². The van der Waals surface area contributed by atoms with Gasteiger partial charge in [0.25, 0.3) is 5.91 Å². The number of rotatable bonds is 3. The summed E-state index contributed by atoms with van der Waals surface area (Å²) in [4.78, 5) is 11.9. The van der Waals surface area contributed by atoms with Crippen LogP contribution in [-0.2, 0) is 0 Å². The summed E-state index contributed by atoms with van der Waals surface area (Å²) in [5.41, 5.74) is 5.96. The molecule has 9 heteroatoms. The number of nitrogens with zero attached hydrogens (tertiary/aromatic N) is 1. The fraction of sp³-hybridized carbons (Fsp3) is 0.167. The van der Waals surface area contributed by atoms with Gasteiger partial charge in [0.15, 0.2) is 5.75 Å². The van der Waals surface area contributed by atoms with Crippen molar-refractivity contribution in [2.75, 3.05) is 11.1 Å². The Hall–Kier alpha value is -2.71. The maximum Gasteiger partial charge on any atom is 0.573 e. The Morgan fingerprint density at radius 3 is 2.67 bits per heavy atom. The molecule has 0 fully saturated rings. The number of nitrogen functional groups attached to an aromatic ring is 1. The zero-order valence-corrected chi connectivity index (χ0v) is 10.8. The third kappa shape index (κ3) is 3.65. The molecule has 1 aromatic heterocycles. The average molecular weight is 300 g/mol. The second kappa shape index (κ2) is 5.35. The molecule has 6 nitrogen and oxygen atoms in total. The number of aryl methyl sites for hydroxylation is 1. The van der Waals surface area contributed by atoms with E-state index in [0.717, 1.165) is 12.1 Å². The number of ether oxygens (including phenoxy) is 1. The predicted molar refractivity (Wildman–Crippen MR) is 68.8 cm³/mol. The van der Waals surface area contributed by atoms with E-state index in [2.05, 4.69) is 20.3 Å². The van der Waals surface area contributed by atoms with Crippen LogP contribution < -0.4 is 15.8 Å². The zero-order chi connectivity index (χ0) is 15.6. The number of nitrogens with one attached hydrogen (secondary N) is 2. The van der Waals surface area contributed by atoms with E-state index in [1.54, 1.807) is 6.92 Å². The van der Waals surface area contributed by atoms with Crippen molar-refractivity contribution in [3.63, 3.8) is 0 Å². The summed E-state index contributed by atoms with van der Waals surface area (Å²) in [6.45, 7) is 1.73. The summed E-state index contributed by atoms with van der Waals surface area (Å²) >= 11 is 0. The van der Waals surface area contributed by atoms with Crippen LogP contribution in [0.5, 0.6) is 5.75 Å². The van der Waals surface area contributed by atoms with Crippen LogP contribution >= 0.6 is 0 Å². The van der Waals surface area contributed by atoms with Crippen molar-refractivity contribution in [2.24, 2.45) is 0 Å². The van der Waals surface area contributed by atoms with Gasteiger partial charge >= 0.3 is 6.36 Å². The van der Waals surface area contributed by atoms with Crippen LogP contribution in [0.1, 0.15) is 15.9 Å². The summed E-state index contributed by atoms with van der Waals surface area (Å²) < 4.78 is 40.0. The number of halogens is 3. The number of amides is 1. The monoisotopic (exact) mass is 300 g/mol. The molecule has 0 saturated heterocycles. The number of alkyl halides is 3. The number of carbonyl (C=O) groups excluding carboxylic acids is 1. The van der Waals surface area contributed by atoms with Crippen molar-refractivity contribution in [1.29, 1.82) is 0 Å².